The summed E-state index contributed by atoms with van der Waals surface area (Å²) in [6.45, 7) is 3.40. The first-order valence-electron chi connectivity index (χ1n) is 13.5. The fourth-order valence-electron chi connectivity index (χ4n) is 5.06. The summed E-state index contributed by atoms with van der Waals surface area (Å²) in [7, 11) is 1.13. The zero-order chi connectivity index (χ0) is 33.3. The van der Waals surface area contributed by atoms with Crippen LogP contribution in [0.15, 0.2) is 40.9 Å². The standard InChI is InChI=1S/C28H27F9N4O4/c1-4-18-13-20(19-12-15(26(29,30)31)6-7-21(19)41(18)25(42)44-5-2)38-24-39-23(45-40-24)22(43-3)10-14-8-16(27(32,33)34)11-17(9-14)28(35,36)37/h6-9,11-12,18,20,22H,4-5,10,13H2,1-3H3,(H,38,40)/t18-,20+,22?/m1/s1. The number of hydrogen-bond donors (Lipinski definition) is 1. The number of aromatic nitrogens is 2. The highest BCUT2D eigenvalue weighted by molar-refractivity contribution is 5.90. The molecule has 3 aromatic rings. The lowest BCUT2D eigenvalue weighted by molar-refractivity contribution is -0.143. The third-order valence-corrected chi connectivity index (χ3v) is 7.17. The lowest BCUT2D eigenvalue weighted by atomic mass is 9.89. The van der Waals surface area contributed by atoms with E-state index in [1.165, 1.54) is 11.0 Å². The molecule has 1 aliphatic heterocycles. The Kier molecular flexibility index (Phi) is 9.61. The predicted octanol–water partition coefficient (Wildman–Crippen LogP) is 8.35. The van der Waals surface area contributed by atoms with E-state index < -0.39 is 65.9 Å². The molecule has 0 saturated carbocycles. The maximum atomic E-state index is 13.6. The number of halogens is 9. The van der Waals surface area contributed by atoms with Crippen molar-refractivity contribution in [3.63, 3.8) is 0 Å². The zero-order valence-corrected chi connectivity index (χ0v) is 23.9. The van der Waals surface area contributed by atoms with Gasteiger partial charge in [-0.3, -0.25) is 4.90 Å². The van der Waals surface area contributed by atoms with Gasteiger partial charge in [-0.05, 0) is 72.4 Å². The number of amides is 1. The molecule has 1 aromatic heterocycles. The lowest BCUT2D eigenvalue weighted by Crippen LogP contribution is -2.46. The van der Waals surface area contributed by atoms with E-state index >= 15 is 0 Å². The van der Waals surface area contributed by atoms with E-state index in [-0.39, 0.29) is 47.7 Å². The van der Waals surface area contributed by atoms with Crippen LogP contribution in [0.2, 0.25) is 0 Å². The van der Waals surface area contributed by atoms with Gasteiger partial charge < -0.3 is 19.3 Å². The van der Waals surface area contributed by atoms with Crippen LogP contribution in [0.1, 0.15) is 72.5 Å². The summed E-state index contributed by atoms with van der Waals surface area (Å²) >= 11 is 0. The number of fused-ring (bicyclic) bond motifs is 1. The first-order chi connectivity index (χ1) is 21.0. The number of anilines is 2. The number of nitrogens with zero attached hydrogens (tertiary/aromatic N) is 3. The molecular formula is C28H27F9N4O4. The first-order valence-corrected chi connectivity index (χ1v) is 13.5. The van der Waals surface area contributed by atoms with Crippen LogP contribution in [0.5, 0.6) is 0 Å². The van der Waals surface area contributed by atoms with Crippen molar-refractivity contribution in [3.05, 3.63) is 70.1 Å². The van der Waals surface area contributed by atoms with Gasteiger partial charge >= 0.3 is 24.6 Å². The minimum absolute atomic E-state index is 0.00111. The Morgan fingerprint density at radius 3 is 2.13 bits per heavy atom. The Morgan fingerprint density at radius 2 is 1.60 bits per heavy atom. The molecule has 45 heavy (non-hydrogen) atoms. The fourth-order valence-corrected chi connectivity index (χ4v) is 5.06. The highest BCUT2D eigenvalue weighted by Gasteiger charge is 2.40. The van der Waals surface area contributed by atoms with Crippen molar-refractivity contribution < 1.29 is 58.3 Å². The molecule has 246 valence electrons. The van der Waals surface area contributed by atoms with Gasteiger partial charge in [0.1, 0.15) is 6.10 Å². The second kappa shape index (κ2) is 12.8. The van der Waals surface area contributed by atoms with Crippen LogP contribution >= 0.6 is 0 Å². The van der Waals surface area contributed by atoms with Crippen LogP contribution in [0, 0.1) is 0 Å². The largest absolute Gasteiger partial charge is 0.449 e. The van der Waals surface area contributed by atoms with Gasteiger partial charge in [0, 0.05) is 19.6 Å². The van der Waals surface area contributed by atoms with Crippen LogP contribution in [0.4, 0.5) is 55.9 Å². The molecule has 0 fully saturated rings. The SMILES string of the molecule is CCOC(=O)N1c2ccc(C(F)(F)F)cc2[C@@H](Nc2noc(C(Cc3cc(C(F)(F)F)cc(C(F)(F)F)c3)OC)n2)C[C@H]1CC. The van der Waals surface area contributed by atoms with E-state index in [1.54, 1.807) is 13.8 Å². The first kappa shape index (κ1) is 33.9. The molecule has 8 nitrogen and oxygen atoms in total. The van der Waals surface area contributed by atoms with Gasteiger partial charge in [0.05, 0.1) is 35.0 Å². The number of hydrogen-bond acceptors (Lipinski definition) is 7. The Morgan fingerprint density at radius 1 is 0.978 bits per heavy atom. The van der Waals surface area contributed by atoms with Crippen molar-refractivity contribution in [3.8, 4) is 0 Å². The Bertz CT molecular complexity index is 1470. The van der Waals surface area contributed by atoms with Crippen molar-refractivity contribution in [2.24, 2.45) is 0 Å². The molecule has 0 bridgehead atoms. The average Bonchev–Trinajstić information content (AvgIpc) is 3.42. The maximum absolute atomic E-state index is 13.6. The van der Waals surface area contributed by atoms with Crippen LogP contribution < -0.4 is 10.2 Å². The molecule has 17 heteroatoms. The molecule has 4 rings (SSSR count). The molecule has 3 atom stereocenters. The normalized spacial score (nSPS) is 18.0. The second-order valence-corrected chi connectivity index (χ2v) is 10.1. The number of carbonyl (C=O) groups is 1. The summed E-state index contributed by atoms with van der Waals surface area (Å²) in [4.78, 5) is 18.2. The van der Waals surface area contributed by atoms with Crippen molar-refractivity contribution in [2.45, 2.75) is 69.8 Å². The van der Waals surface area contributed by atoms with Crippen LogP contribution in [0.3, 0.4) is 0 Å². The molecular weight excluding hydrogens is 627 g/mol. The van der Waals surface area contributed by atoms with E-state index in [9.17, 15) is 44.3 Å². The van der Waals surface area contributed by atoms with Crippen LogP contribution in [-0.2, 0) is 34.4 Å². The zero-order valence-electron chi connectivity index (χ0n) is 23.9. The van der Waals surface area contributed by atoms with Gasteiger partial charge in [0.2, 0.25) is 0 Å². The molecule has 1 amide bonds. The Labute approximate surface area is 250 Å². The Hall–Kier alpha value is -4.02. The smallest absolute Gasteiger partial charge is 0.416 e. The van der Waals surface area contributed by atoms with Gasteiger partial charge in [-0.25, -0.2) is 4.79 Å². The minimum Gasteiger partial charge on any atom is -0.449 e. The number of ether oxygens (including phenoxy) is 2. The Balaban J connectivity index is 1.65. The van der Waals surface area contributed by atoms with E-state index in [2.05, 4.69) is 15.5 Å². The summed E-state index contributed by atoms with van der Waals surface area (Å²) in [5.74, 6) is -0.550. The fraction of sp³-hybridized carbons (Fsp3) is 0.464. The third-order valence-electron chi connectivity index (χ3n) is 7.17. The third kappa shape index (κ3) is 7.62. The number of alkyl halides is 9. The summed E-state index contributed by atoms with van der Waals surface area (Å²) in [5.41, 5.74) is -4.11. The predicted molar refractivity (Wildman–Crippen MR) is 140 cm³/mol. The highest BCUT2D eigenvalue weighted by Crippen LogP contribution is 2.43. The molecule has 2 heterocycles. The lowest BCUT2D eigenvalue weighted by Gasteiger charge is -2.40. The van der Waals surface area contributed by atoms with Crippen molar-refractivity contribution in [1.82, 2.24) is 10.1 Å². The van der Waals surface area contributed by atoms with E-state index in [4.69, 9.17) is 14.0 Å². The van der Waals surface area contributed by atoms with Gasteiger partial charge in [0.15, 0.2) is 0 Å². The summed E-state index contributed by atoms with van der Waals surface area (Å²) in [6, 6.07) is 2.61. The summed E-state index contributed by atoms with van der Waals surface area (Å²) in [6.07, 6.45) is -16.8. The van der Waals surface area contributed by atoms with Gasteiger partial charge in [0.25, 0.3) is 11.8 Å². The molecule has 1 N–H and O–H groups in total. The van der Waals surface area contributed by atoms with E-state index in [1.807, 2.05) is 0 Å². The van der Waals surface area contributed by atoms with Gasteiger partial charge in [-0.15, -0.1) is 0 Å². The van der Waals surface area contributed by atoms with Crippen molar-refractivity contribution in [2.75, 3.05) is 23.9 Å². The average molecular weight is 655 g/mol. The molecule has 1 aliphatic rings. The number of rotatable bonds is 8. The quantitative estimate of drug-likeness (QED) is 0.244. The van der Waals surface area contributed by atoms with E-state index in [0.717, 1.165) is 19.2 Å². The van der Waals surface area contributed by atoms with Crippen LogP contribution in [-0.4, -0.2) is 36.0 Å². The highest BCUT2D eigenvalue weighted by atomic mass is 19.4. The molecule has 2 aromatic carbocycles. The summed E-state index contributed by atoms with van der Waals surface area (Å²) in [5, 5.41) is 6.63. The maximum Gasteiger partial charge on any atom is 0.416 e. The number of benzene rings is 2. The molecule has 1 unspecified atom stereocenters. The van der Waals surface area contributed by atoms with Crippen LogP contribution in [0.25, 0.3) is 0 Å². The van der Waals surface area contributed by atoms with E-state index in [0.29, 0.717) is 18.6 Å². The second-order valence-electron chi connectivity index (χ2n) is 10.1. The number of methoxy groups -OCH3 is 1. The molecule has 0 aliphatic carbocycles. The number of carbonyl (C=O) groups excluding carboxylic acids is 1. The monoisotopic (exact) mass is 654 g/mol. The van der Waals surface area contributed by atoms with Crippen molar-refractivity contribution >= 4 is 17.7 Å². The molecule has 0 spiro atoms. The van der Waals surface area contributed by atoms with Crippen molar-refractivity contribution in [1.29, 1.82) is 0 Å². The summed E-state index contributed by atoms with van der Waals surface area (Å²) < 4.78 is 136. The molecule has 0 saturated heterocycles. The topological polar surface area (TPSA) is 89.7 Å². The van der Waals surface area contributed by atoms with Gasteiger partial charge in [-0.2, -0.15) is 44.5 Å². The molecule has 0 radical (unpaired) electrons. The number of nitrogens with one attached hydrogen (secondary N) is 1. The minimum atomic E-state index is -5.05. The van der Waals surface area contributed by atoms with Gasteiger partial charge in [-0.1, -0.05) is 6.92 Å².